The minimum absolute atomic E-state index is 0.160. The second kappa shape index (κ2) is 4.75. The average Bonchev–Trinajstić information content (AvgIpc) is 2.92. The van der Waals surface area contributed by atoms with Gasteiger partial charge >= 0.3 is 13.2 Å². The Labute approximate surface area is 125 Å². The Morgan fingerprint density at radius 3 is 2.33 bits per heavy atom. The Morgan fingerprint density at radius 1 is 1.14 bits per heavy atom. The lowest BCUT2D eigenvalue weighted by atomic mass is 9.74. The number of nitrogens with one attached hydrogen (secondary N) is 1. The predicted molar refractivity (Wildman–Crippen MR) is 79.4 cm³/mol. The Bertz CT molecular complexity index is 557. The van der Waals surface area contributed by atoms with Gasteiger partial charge in [-0.15, -0.1) is 0 Å². The summed E-state index contributed by atoms with van der Waals surface area (Å²) in [5.74, 6) is 0. The summed E-state index contributed by atoms with van der Waals surface area (Å²) in [6, 6.07) is 7.67. The molecule has 1 aromatic carbocycles. The molecule has 0 radical (unpaired) electrons. The zero-order valence-corrected chi connectivity index (χ0v) is 12.8. The van der Waals surface area contributed by atoms with Crippen molar-refractivity contribution < 1.29 is 18.8 Å². The van der Waals surface area contributed by atoms with Gasteiger partial charge in [0.05, 0.1) is 17.2 Å². The van der Waals surface area contributed by atoms with Crippen molar-refractivity contribution >= 4 is 18.7 Å². The standard InChI is InChI=1S/C15H20BNO4/c1-14(2)15(3,4)21-16(20-14)11-8-6-5-7-10(11)12-9-19-13(18)17-12/h5-8,12H,9H2,1-4H3,(H,17,18). The van der Waals surface area contributed by atoms with E-state index >= 15 is 0 Å². The van der Waals surface area contributed by atoms with Gasteiger partial charge in [0.25, 0.3) is 0 Å². The second-order valence-electron chi connectivity index (χ2n) is 6.51. The number of amides is 1. The molecular weight excluding hydrogens is 269 g/mol. The number of hydrogen-bond donors (Lipinski definition) is 1. The Kier molecular flexibility index (Phi) is 3.26. The third-order valence-corrected chi connectivity index (χ3v) is 4.55. The van der Waals surface area contributed by atoms with Gasteiger partial charge in [-0.3, -0.25) is 0 Å². The fraction of sp³-hybridized carbons (Fsp3) is 0.533. The first-order chi connectivity index (χ1) is 9.80. The molecule has 1 unspecified atom stereocenters. The summed E-state index contributed by atoms with van der Waals surface area (Å²) in [6.07, 6.45) is -0.385. The monoisotopic (exact) mass is 289 g/mol. The van der Waals surface area contributed by atoms with E-state index in [9.17, 15) is 4.79 Å². The van der Waals surface area contributed by atoms with Crippen molar-refractivity contribution in [2.45, 2.75) is 44.9 Å². The third kappa shape index (κ3) is 2.42. The van der Waals surface area contributed by atoms with Crippen LogP contribution in [0.5, 0.6) is 0 Å². The van der Waals surface area contributed by atoms with Gasteiger partial charge in [0, 0.05) is 0 Å². The van der Waals surface area contributed by atoms with Crippen LogP contribution in [-0.4, -0.2) is 31.0 Å². The van der Waals surface area contributed by atoms with Crippen molar-refractivity contribution in [1.29, 1.82) is 0 Å². The topological polar surface area (TPSA) is 56.8 Å². The molecule has 2 aliphatic heterocycles. The van der Waals surface area contributed by atoms with E-state index < -0.39 is 7.12 Å². The van der Waals surface area contributed by atoms with Crippen LogP contribution >= 0.6 is 0 Å². The van der Waals surface area contributed by atoms with E-state index in [-0.39, 0.29) is 23.3 Å². The lowest BCUT2D eigenvalue weighted by Gasteiger charge is -2.32. The highest BCUT2D eigenvalue weighted by Gasteiger charge is 2.52. The largest absolute Gasteiger partial charge is 0.495 e. The smallest absolute Gasteiger partial charge is 0.447 e. The Morgan fingerprint density at radius 2 is 1.76 bits per heavy atom. The summed E-state index contributed by atoms with van der Waals surface area (Å²) in [5.41, 5.74) is 1.13. The van der Waals surface area contributed by atoms with Gasteiger partial charge in [0.1, 0.15) is 6.61 Å². The molecule has 0 saturated carbocycles. The van der Waals surface area contributed by atoms with Gasteiger partial charge in [-0.2, -0.15) is 0 Å². The molecule has 0 aromatic heterocycles. The van der Waals surface area contributed by atoms with E-state index in [1.807, 2.05) is 52.0 Å². The number of rotatable bonds is 2. The molecule has 21 heavy (non-hydrogen) atoms. The summed E-state index contributed by atoms with van der Waals surface area (Å²) < 4.78 is 17.2. The van der Waals surface area contributed by atoms with Crippen molar-refractivity contribution in [3.8, 4) is 0 Å². The van der Waals surface area contributed by atoms with Crippen molar-refractivity contribution in [3.63, 3.8) is 0 Å². The lowest BCUT2D eigenvalue weighted by molar-refractivity contribution is 0.00578. The highest BCUT2D eigenvalue weighted by Crippen LogP contribution is 2.37. The van der Waals surface area contributed by atoms with Gasteiger partial charge < -0.3 is 19.4 Å². The highest BCUT2D eigenvalue weighted by molar-refractivity contribution is 6.62. The molecule has 5 nitrogen and oxygen atoms in total. The van der Waals surface area contributed by atoms with Gasteiger partial charge in [-0.25, -0.2) is 4.79 Å². The number of cyclic esters (lactones) is 1. The molecule has 3 rings (SSSR count). The van der Waals surface area contributed by atoms with E-state index in [0.29, 0.717) is 6.61 Å². The number of benzene rings is 1. The van der Waals surface area contributed by atoms with Crippen molar-refractivity contribution in [2.75, 3.05) is 6.61 Å². The van der Waals surface area contributed by atoms with Gasteiger partial charge in [0.2, 0.25) is 0 Å². The SMILES string of the molecule is CC1(C)OB(c2ccccc2C2COC(=O)N2)OC1(C)C. The molecule has 1 aromatic rings. The zero-order chi connectivity index (χ0) is 15.3. The number of hydrogen-bond acceptors (Lipinski definition) is 4. The molecular formula is C15H20BNO4. The predicted octanol–water partition coefficient (Wildman–Crippen LogP) is 1.77. The third-order valence-electron chi connectivity index (χ3n) is 4.55. The van der Waals surface area contributed by atoms with Crippen LogP contribution in [0.25, 0.3) is 0 Å². The van der Waals surface area contributed by atoms with E-state index in [4.69, 9.17) is 14.0 Å². The maximum Gasteiger partial charge on any atom is 0.495 e. The maximum atomic E-state index is 11.3. The molecule has 0 aliphatic carbocycles. The van der Waals surface area contributed by atoms with Crippen LogP contribution in [-0.2, 0) is 14.0 Å². The van der Waals surface area contributed by atoms with E-state index in [1.54, 1.807) is 0 Å². The number of alkyl carbamates (subject to hydrolysis) is 1. The summed E-state index contributed by atoms with van der Waals surface area (Å²) in [7, 11) is -0.441. The molecule has 6 heteroatoms. The maximum absolute atomic E-state index is 11.3. The molecule has 0 spiro atoms. The van der Waals surface area contributed by atoms with Crippen LogP contribution in [0.15, 0.2) is 24.3 Å². The summed E-state index contributed by atoms with van der Waals surface area (Å²) in [4.78, 5) is 11.3. The van der Waals surface area contributed by atoms with Crippen molar-refractivity contribution in [3.05, 3.63) is 29.8 Å². The highest BCUT2D eigenvalue weighted by atomic mass is 16.7. The van der Waals surface area contributed by atoms with Gasteiger partial charge in [-0.1, -0.05) is 24.3 Å². The minimum Gasteiger partial charge on any atom is -0.447 e. The van der Waals surface area contributed by atoms with Crippen molar-refractivity contribution in [1.82, 2.24) is 5.32 Å². The molecule has 2 aliphatic rings. The molecule has 112 valence electrons. The van der Waals surface area contributed by atoms with E-state index in [2.05, 4.69) is 5.32 Å². The fourth-order valence-corrected chi connectivity index (χ4v) is 2.57. The van der Waals surface area contributed by atoms with Crippen LogP contribution in [0.4, 0.5) is 4.79 Å². The average molecular weight is 289 g/mol. The second-order valence-corrected chi connectivity index (χ2v) is 6.51. The number of carbonyl (C=O) groups excluding carboxylic acids is 1. The molecule has 1 atom stereocenters. The first-order valence-electron chi connectivity index (χ1n) is 7.18. The van der Waals surface area contributed by atoms with Crippen LogP contribution in [0.3, 0.4) is 0 Å². The fourth-order valence-electron chi connectivity index (χ4n) is 2.57. The first kappa shape index (κ1) is 14.4. The Hall–Kier alpha value is -1.53. The van der Waals surface area contributed by atoms with Crippen LogP contribution in [0, 0.1) is 0 Å². The molecule has 0 bridgehead atoms. The Balaban J connectivity index is 1.92. The quantitative estimate of drug-likeness (QED) is 0.843. The van der Waals surface area contributed by atoms with Gasteiger partial charge in [0.15, 0.2) is 0 Å². The summed E-state index contributed by atoms with van der Waals surface area (Å²) in [6.45, 7) is 8.42. The molecule has 1 amide bonds. The summed E-state index contributed by atoms with van der Waals surface area (Å²) >= 11 is 0. The first-order valence-corrected chi connectivity index (χ1v) is 7.18. The van der Waals surface area contributed by atoms with E-state index in [1.165, 1.54) is 0 Å². The molecule has 2 saturated heterocycles. The number of carbonyl (C=O) groups is 1. The molecule has 1 N–H and O–H groups in total. The van der Waals surface area contributed by atoms with E-state index in [0.717, 1.165) is 11.0 Å². The molecule has 2 fully saturated rings. The van der Waals surface area contributed by atoms with Crippen LogP contribution < -0.4 is 10.8 Å². The zero-order valence-electron chi connectivity index (χ0n) is 12.8. The van der Waals surface area contributed by atoms with Crippen LogP contribution in [0.2, 0.25) is 0 Å². The summed E-state index contributed by atoms with van der Waals surface area (Å²) in [5, 5.41) is 2.80. The van der Waals surface area contributed by atoms with Crippen LogP contribution in [0.1, 0.15) is 39.3 Å². The van der Waals surface area contributed by atoms with Gasteiger partial charge in [-0.05, 0) is 38.7 Å². The van der Waals surface area contributed by atoms with Crippen molar-refractivity contribution in [2.24, 2.45) is 0 Å². The molecule has 2 heterocycles. The normalized spacial score (nSPS) is 26.6. The number of ether oxygens (including phenoxy) is 1. The minimum atomic E-state index is -0.441. The lowest BCUT2D eigenvalue weighted by Crippen LogP contribution is -2.41.